The molecule has 2 aromatic rings. The van der Waals surface area contributed by atoms with Gasteiger partial charge in [-0.25, -0.2) is 0 Å². The van der Waals surface area contributed by atoms with Gasteiger partial charge in [-0.1, -0.05) is 28.1 Å². The number of rotatable bonds is 3. The van der Waals surface area contributed by atoms with Crippen LogP contribution in [-0.2, 0) is 6.61 Å². The fourth-order valence-corrected chi connectivity index (χ4v) is 1.73. The van der Waals surface area contributed by atoms with Gasteiger partial charge in [0.05, 0.1) is 5.69 Å². The third-order valence-corrected chi connectivity index (χ3v) is 3.18. The summed E-state index contributed by atoms with van der Waals surface area (Å²) in [6.45, 7) is 2.52. The van der Waals surface area contributed by atoms with Crippen LogP contribution < -0.4 is 4.74 Å². The number of pyridine rings is 1. The van der Waals surface area contributed by atoms with Crippen molar-refractivity contribution >= 4 is 15.9 Å². The summed E-state index contributed by atoms with van der Waals surface area (Å²) in [6, 6.07) is 11.7. The lowest BCUT2D eigenvalue weighted by molar-refractivity contribution is 0.299. The average molecular weight is 278 g/mol. The molecule has 0 radical (unpaired) electrons. The number of benzene rings is 1. The summed E-state index contributed by atoms with van der Waals surface area (Å²) in [6.07, 6.45) is 1.77. The largest absolute Gasteiger partial charge is 0.487 e. The van der Waals surface area contributed by atoms with E-state index in [1.807, 2.05) is 43.3 Å². The van der Waals surface area contributed by atoms with Crippen molar-refractivity contribution in [3.63, 3.8) is 0 Å². The second kappa shape index (κ2) is 5.12. The highest BCUT2D eigenvalue weighted by Crippen LogP contribution is 2.25. The van der Waals surface area contributed by atoms with Gasteiger partial charge in [-0.3, -0.25) is 4.98 Å². The van der Waals surface area contributed by atoms with Gasteiger partial charge >= 0.3 is 0 Å². The van der Waals surface area contributed by atoms with E-state index in [4.69, 9.17) is 4.74 Å². The Morgan fingerprint density at radius 1 is 1.19 bits per heavy atom. The summed E-state index contributed by atoms with van der Waals surface area (Å²) in [7, 11) is 0. The lowest BCUT2D eigenvalue weighted by Gasteiger charge is -2.09. The van der Waals surface area contributed by atoms with Gasteiger partial charge in [-0.15, -0.1) is 0 Å². The van der Waals surface area contributed by atoms with Crippen LogP contribution in [0.3, 0.4) is 0 Å². The topological polar surface area (TPSA) is 22.1 Å². The Morgan fingerprint density at radius 2 is 2.06 bits per heavy atom. The zero-order valence-electron chi connectivity index (χ0n) is 8.98. The van der Waals surface area contributed by atoms with Crippen molar-refractivity contribution in [1.29, 1.82) is 0 Å². The van der Waals surface area contributed by atoms with Crippen molar-refractivity contribution in [3.05, 3.63) is 58.3 Å². The predicted octanol–water partition coefficient (Wildman–Crippen LogP) is 3.73. The van der Waals surface area contributed by atoms with Crippen molar-refractivity contribution in [1.82, 2.24) is 4.98 Å². The first-order valence-electron chi connectivity index (χ1n) is 5.05. The van der Waals surface area contributed by atoms with Gasteiger partial charge in [0.15, 0.2) is 0 Å². The Morgan fingerprint density at radius 3 is 2.81 bits per heavy atom. The molecule has 0 atom stereocenters. The summed E-state index contributed by atoms with van der Waals surface area (Å²) in [4.78, 5) is 4.21. The maximum atomic E-state index is 5.71. The molecule has 16 heavy (non-hydrogen) atoms. The van der Waals surface area contributed by atoms with Gasteiger partial charge in [-0.2, -0.15) is 0 Å². The summed E-state index contributed by atoms with van der Waals surface area (Å²) in [5.74, 6) is 0.889. The van der Waals surface area contributed by atoms with E-state index < -0.39 is 0 Å². The Balaban J connectivity index is 2.08. The van der Waals surface area contributed by atoms with Gasteiger partial charge in [0.25, 0.3) is 0 Å². The minimum Gasteiger partial charge on any atom is -0.487 e. The van der Waals surface area contributed by atoms with Crippen LogP contribution in [0.1, 0.15) is 11.3 Å². The zero-order chi connectivity index (χ0) is 11.4. The molecule has 0 spiro atoms. The van der Waals surface area contributed by atoms with Gasteiger partial charge < -0.3 is 4.74 Å². The number of hydrogen-bond donors (Lipinski definition) is 0. The molecule has 0 bridgehead atoms. The van der Waals surface area contributed by atoms with E-state index >= 15 is 0 Å². The minimum atomic E-state index is 0.498. The second-order valence-electron chi connectivity index (χ2n) is 3.47. The second-order valence-corrected chi connectivity index (χ2v) is 4.33. The van der Waals surface area contributed by atoms with Crippen molar-refractivity contribution < 1.29 is 4.74 Å². The number of hydrogen-bond acceptors (Lipinski definition) is 2. The molecule has 0 N–H and O–H groups in total. The monoisotopic (exact) mass is 277 g/mol. The summed E-state index contributed by atoms with van der Waals surface area (Å²) >= 11 is 3.48. The van der Waals surface area contributed by atoms with Crippen LogP contribution in [0.15, 0.2) is 47.1 Å². The van der Waals surface area contributed by atoms with E-state index in [0.717, 1.165) is 21.5 Å². The normalized spacial score (nSPS) is 10.1. The van der Waals surface area contributed by atoms with E-state index in [2.05, 4.69) is 20.9 Å². The first kappa shape index (κ1) is 11.1. The smallest absolute Gasteiger partial charge is 0.130 e. The minimum absolute atomic E-state index is 0.498. The quantitative estimate of drug-likeness (QED) is 0.853. The van der Waals surface area contributed by atoms with Crippen LogP contribution in [0.2, 0.25) is 0 Å². The van der Waals surface area contributed by atoms with Crippen LogP contribution in [0, 0.1) is 6.92 Å². The third-order valence-electron chi connectivity index (χ3n) is 2.32. The molecule has 0 fully saturated rings. The molecular weight excluding hydrogens is 266 g/mol. The molecule has 0 amide bonds. The maximum Gasteiger partial charge on any atom is 0.130 e. The van der Waals surface area contributed by atoms with Gasteiger partial charge in [-0.05, 0) is 31.2 Å². The fraction of sp³-hybridized carbons (Fsp3) is 0.154. The van der Waals surface area contributed by atoms with E-state index in [9.17, 15) is 0 Å². The van der Waals surface area contributed by atoms with Crippen LogP contribution in [-0.4, -0.2) is 4.98 Å². The van der Waals surface area contributed by atoms with Crippen LogP contribution in [0.25, 0.3) is 0 Å². The van der Waals surface area contributed by atoms with Crippen LogP contribution >= 0.6 is 15.9 Å². The summed E-state index contributed by atoms with van der Waals surface area (Å²) in [5.41, 5.74) is 2.04. The zero-order valence-corrected chi connectivity index (χ0v) is 10.6. The molecule has 3 heteroatoms. The average Bonchev–Trinajstić information content (AvgIpc) is 2.32. The molecule has 1 aromatic heterocycles. The van der Waals surface area contributed by atoms with Crippen LogP contribution in [0.5, 0.6) is 5.75 Å². The van der Waals surface area contributed by atoms with E-state index in [0.29, 0.717) is 6.61 Å². The lowest BCUT2D eigenvalue weighted by atomic mass is 10.2. The van der Waals surface area contributed by atoms with Crippen LogP contribution in [0.4, 0.5) is 0 Å². The molecule has 82 valence electrons. The maximum absolute atomic E-state index is 5.71. The van der Waals surface area contributed by atoms with Crippen molar-refractivity contribution in [2.24, 2.45) is 0 Å². The highest BCUT2D eigenvalue weighted by atomic mass is 79.9. The molecule has 0 aliphatic carbocycles. The van der Waals surface area contributed by atoms with E-state index in [1.165, 1.54) is 0 Å². The Bertz CT molecular complexity index is 471. The SMILES string of the molecule is Cc1c(Br)cccc1OCc1ccccn1. The molecule has 0 aliphatic rings. The first-order valence-corrected chi connectivity index (χ1v) is 5.84. The van der Waals surface area contributed by atoms with E-state index in [-0.39, 0.29) is 0 Å². The molecule has 0 aliphatic heterocycles. The van der Waals surface area contributed by atoms with Gasteiger partial charge in [0.2, 0.25) is 0 Å². The van der Waals surface area contributed by atoms with Gasteiger partial charge in [0.1, 0.15) is 12.4 Å². The number of ether oxygens (including phenoxy) is 1. The van der Waals surface area contributed by atoms with Crippen molar-refractivity contribution in [3.8, 4) is 5.75 Å². The number of halogens is 1. The van der Waals surface area contributed by atoms with Crippen molar-refractivity contribution in [2.45, 2.75) is 13.5 Å². The number of nitrogens with zero attached hydrogens (tertiary/aromatic N) is 1. The van der Waals surface area contributed by atoms with Crippen molar-refractivity contribution in [2.75, 3.05) is 0 Å². The molecule has 1 aromatic carbocycles. The molecule has 0 unspecified atom stereocenters. The Hall–Kier alpha value is -1.35. The van der Waals surface area contributed by atoms with Gasteiger partial charge in [0, 0.05) is 16.2 Å². The summed E-state index contributed by atoms with van der Waals surface area (Å²) < 4.78 is 6.77. The molecule has 1 heterocycles. The van der Waals surface area contributed by atoms with E-state index in [1.54, 1.807) is 6.20 Å². The summed E-state index contributed by atoms with van der Waals surface area (Å²) in [5, 5.41) is 0. The number of aromatic nitrogens is 1. The fourth-order valence-electron chi connectivity index (χ4n) is 1.38. The highest BCUT2D eigenvalue weighted by molar-refractivity contribution is 9.10. The lowest BCUT2D eigenvalue weighted by Crippen LogP contribution is -1.98. The standard InChI is InChI=1S/C13H12BrNO/c1-10-12(14)6-4-7-13(10)16-9-11-5-2-3-8-15-11/h2-8H,9H2,1H3. The first-order chi connectivity index (χ1) is 7.77. The molecule has 0 saturated carbocycles. The molecular formula is C13H12BrNO. The highest BCUT2D eigenvalue weighted by Gasteiger charge is 2.02. The molecule has 2 rings (SSSR count). The Labute approximate surface area is 103 Å². The third kappa shape index (κ3) is 2.61. The Kier molecular flexibility index (Phi) is 3.57. The molecule has 2 nitrogen and oxygen atoms in total. The predicted molar refractivity (Wildman–Crippen MR) is 67.4 cm³/mol. The molecule has 0 saturated heterocycles.